The van der Waals surface area contributed by atoms with Crippen LogP contribution < -0.4 is 4.74 Å². The predicted octanol–water partition coefficient (Wildman–Crippen LogP) is 7.86. The lowest BCUT2D eigenvalue weighted by Crippen LogP contribution is -2.24. The minimum Gasteiger partial charge on any atom is -0.494 e. The van der Waals surface area contributed by atoms with Crippen molar-refractivity contribution in [3.8, 4) is 22.9 Å². The molecule has 0 aliphatic heterocycles. The predicted molar refractivity (Wildman–Crippen MR) is 130 cm³/mol. The fourth-order valence-electron chi connectivity index (χ4n) is 3.59. The molecule has 0 bridgehead atoms. The van der Waals surface area contributed by atoms with Crippen LogP contribution in [0.4, 0.5) is 8.78 Å². The minimum atomic E-state index is -1.26. The van der Waals surface area contributed by atoms with Crippen LogP contribution in [0.1, 0.15) is 82.5 Å². The second kappa shape index (κ2) is 13.7. The van der Waals surface area contributed by atoms with Gasteiger partial charge in [-0.1, -0.05) is 70.6 Å². The van der Waals surface area contributed by atoms with Gasteiger partial charge in [0.15, 0.2) is 11.6 Å². The fourth-order valence-corrected chi connectivity index (χ4v) is 3.59. The number of hydrogen-bond donors (Lipinski definition) is 0. The summed E-state index contributed by atoms with van der Waals surface area (Å²) in [4.78, 5) is 12.4. The number of esters is 1. The van der Waals surface area contributed by atoms with E-state index >= 15 is 0 Å². The van der Waals surface area contributed by atoms with E-state index in [9.17, 15) is 18.8 Å². The number of carbonyl (C=O) groups is 1. The number of rotatable bonds is 14. The van der Waals surface area contributed by atoms with Gasteiger partial charge in [0, 0.05) is 5.56 Å². The van der Waals surface area contributed by atoms with Crippen molar-refractivity contribution < 1.29 is 23.0 Å². The van der Waals surface area contributed by atoms with Crippen molar-refractivity contribution in [2.24, 2.45) is 5.41 Å². The molecule has 1 atom stereocenters. The van der Waals surface area contributed by atoms with E-state index in [2.05, 4.69) is 13.0 Å². The lowest BCUT2D eigenvalue weighted by molar-refractivity contribution is 0.0371. The van der Waals surface area contributed by atoms with Gasteiger partial charge in [0.25, 0.3) is 0 Å². The van der Waals surface area contributed by atoms with Crippen LogP contribution in [-0.4, -0.2) is 19.2 Å². The van der Waals surface area contributed by atoms with Crippen molar-refractivity contribution in [3.05, 3.63) is 53.6 Å². The molecule has 0 spiro atoms. The maximum absolute atomic E-state index is 14.8. The van der Waals surface area contributed by atoms with Crippen LogP contribution in [0.2, 0.25) is 0 Å². The van der Waals surface area contributed by atoms with Gasteiger partial charge in [-0.15, -0.1) is 0 Å². The van der Waals surface area contributed by atoms with Crippen LogP contribution in [0.5, 0.6) is 5.75 Å². The Labute approximate surface area is 201 Å². The molecule has 0 aliphatic carbocycles. The smallest absolute Gasteiger partial charge is 0.341 e. The van der Waals surface area contributed by atoms with Gasteiger partial charge in [-0.25, -0.2) is 13.6 Å². The Bertz CT molecular complexity index is 969. The number of benzene rings is 2. The van der Waals surface area contributed by atoms with Gasteiger partial charge in [-0.3, -0.25) is 0 Å². The van der Waals surface area contributed by atoms with Crippen molar-refractivity contribution in [2.45, 2.75) is 72.1 Å². The number of unbranched alkanes of at least 4 members (excludes halogenated alkanes) is 5. The molecule has 6 heteroatoms. The summed E-state index contributed by atoms with van der Waals surface area (Å²) in [6.45, 7) is 6.31. The standard InChI is InChI=1S/C28H35F2NO3/c1-4-6-8-9-10-18-33-22-13-11-21(12-14-22)23-15-16-24(26(30)25(23)29)27(32)34-20-28(3,19-31)17-7-5-2/h11-16H,4-10,17-18,20H2,1-3H3. The van der Waals surface area contributed by atoms with Gasteiger partial charge >= 0.3 is 5.97 Å². The van der Waals surface area contributed by atoms with Gasteiger partial charge in [-0.2, -0.15) is 5.26 Å². The van der Waals surface area contributed by atoms with E-state index in [4.69, 9.17) is 9.47 Å². The van der Waals surface area contributed by atoms with Crippen LogP contribution in [0.25, 0.3) is 11.1 Å². The van der Waals surface area contributed by atoms with E-state index in [-0.39, 0.29) is 12.2 Å². The molecule has 0 aliphatic rings. The highest BCUT2D eigenvalue weighted by Gasteiger charge is 2.27. The molecule has 0 amide bonds. The largest absolute Gasteiger partial charge is 0.494 e. The molecule has 0 saturated carbocycles. The van der Waals surface area contributed by atoms with Gasteiger partial charge < -0.3 is 9.47 Å². The molecule has 34 heavy (non-hydrogen) atoms. The number of ether oxygens (including phenoxy) is 2. The van der Waals surface area contributed by atoms with E-state index in [1.807, 2.05) is 6.92 Å². The Morgan fingerprint density at radius 2 is 1.62 bits per heavy atom. The molecule has 0 N–H and O–H groups in total. The Morgan fingerprint density at radius 1 is 0.941 bits per heavy atom. The van der Waals surface area contributed by atoms with Crippen LogP contribution >= 0.6 is 0 Å². The highest BCUT2D eigenvalue weighted by atomic mass is 19.2. The SMILES string of the molecule is CCCCCCCOc1ccc(-c2ccc(C(=O)OCC(C)(C#N)CCCC)c(F)c2F)cc1. The summed E-state index contributed by atoms with van der Waals surface area (Å²) in [5, 5.41) is 9.38. The summed E-state index contributed by atoms with van der Waals surface area (Å²) in [6, 6.07) is 11.5. The molecule has 0 fully saturated rings. The third-order valence-corrected chi connectivity index (χ3v) is 5.86. The summed E-state index contributed by atoms with van der Waals surface area (Å²) in [6.07, 6.45) is 7.99. The van der Waals surface area contributed by atoms with Gasteiger partial charge in [0.2, 0.25) is 0 Å². The first-order valence-corrected chi connectivity index (χ1v) is 12.1. The molecule has 0 radical (unpaired) electrons. The lowest BCUT2D eigenvalue weighted by atomic mass is 9.87. The number of hydrogen-bond acceptors (Lipinski definition) is 4. The lowest BCUT2D eigenvalue weighted by Gasteiger charge is -2.21. The molecule has 0 heterocycles. The first-order valence-electron chi connectivity index (χ1n) is 12.1. The zero-order valence-corrected chi connectivity index (χ0v) is 20.5. The Balaban J connectivity index is 2.02. The van der Waals surface area contributed by atoms with Crippen molar-refractivity contribution in [2.75, 3.05) is 13.2 Å². The quantitative estimate of drug-likeness (QED) is 0.208. The molecule has 2 aromatic carbocycles. The number of carbonyl (C=O) groups excluding carboxylic acids is 1. The zero-order chi connectivity index (χ0) is 25.0. The van der Waals surface area contributed by atoms with Crippen LogP contribution in [0.3, 0.4) is 0 Å². The Kier molecular flexibility index (Phi) is 11.0. The van der Waals surface area contributed by atoms with Crippen LogP contribution in [-0.2, 0) is 4.74 Å². The molecule has 0 saturated heterocycles. The maximum atomic E-state index is 14.8. The number of halogens is 2. The molecular formula is C28H35F2NO3. The average Bonchev–Trinajstić information content (AvgIpc) is 2.85. The zero-order valence-electron chi connectivity index (χ0n) is 20.5. The van der Waals surface area contributed by atoms with E-state index in [1.165, 1.54) is 31.4 Å². The first kappa shape index (κ1) is 27.3. The molecule has 4 nitrogen and oxygen atoms in total. The monoisotopic (exact) mass is 471 g/mol. The topological polar surface area (TPSA) is 59.3 Å². The number of nitrogens with zero attached hydrogens (tertiary/aromatic N) is 1. The number of nitriles is 1. The molecule has 0 aromatic heterocycles. The Morgan fingerprint density at radius 3 is 2.26 bits per heavy atom. The summed E-state index contributed by atoms with van der Waals surface area (Å²) in [5.74, 6) is -2.69. The van der Waals surface area contributed by atoms with Gasteiger partial charge in [0.1, 0.15) is 12.4 Å². The fraction of sp³-hybridized carbons (Fsp3) is 0.500. The van der Waals surface area contributed by atoms with E-state index in [0.717, 1.165) is 25.7 Å². The van der Waals surface area contributed by atoms with E-state index in [1.54, 1.807) is 31.2 Å². The Hall–Kier alpha value is -2.94. The summed E-state index contributed by atoms with van der Waals surface area (Å²) in [5.41, 5.74) is -0.826. The summed E-state index contributed by atoms with van der Waals surface area (Å²) < 4.78 is 40.4. The summed E-state index contributed by atoms with van der Waals surface area (Å²) in [7, 11) is 0. The van der Waals surface area contributed by atoms with E-state index < -0.39 is 28.6 Å². The van der Waals surface area contributed by atoms with Crippen molar-refractivity contribution in [1.29, 1.82) is 5.26 Å². The highest BCUT2D eigenvalue weighted by molar-refractivity contribution is 5.90. The third-order valence-electron chi connectivity index (χ3n) is 5.86. The van der Waals surface area contributed by atoms with Crippen LogP contribution in [0, 0.1) is 28.4 Å². The highest BCUT2D eigenvalue weighted by Crippen LogP contribution is 2.29. The van der Waals surface area contributed by atoms with Crippen molar-refractivity contribution >= 4 is 5.97 Å². The summed E-state index contributed by atoms with van der Waals surface area (Å²) >= 11 is 0. The molecule has 2 aromatic rings. The van der Waals surface area contributed by atoms with Gasteiger partial charge in [0.05, 0.1) is 23.7 Å². The third kappa shape index (κ3) is 7.83. The van der Waals surface area contributed by atoms with Crippen LogP contribution in [0.15, 0.2) is 36.4 Å². The van der Waals surface area contributed by atoms with Gasteiger partial charge in [-0.05, 0) is 43.5 Å². The molecular weight excluding hydrogens is 436 g/mol. The van der Waals surface area contributed by atoms with E-state index in [0.29, 0.717) is 24.3 Å². The average molecular weight is 472 g/mol. The second-order valence-corrected chi connectivity index (χ2v) is 8.93. The molecule has 2 rings (SSSR count). The molecule has 1 unspecified atom stereocenters. The second-order valence-electron chi connectivity index (χ2n) is 8.93. The molecule has 184 valence electrons. The van der Waals surface area contributed by atoms with Crippen molar-refractivity contribution in [3.63, 3.8) is 0 Å². The van der Waals surface area contributed by atoms with Crippen molar-refractivity contribution in [1.82, 2.24) is 0 Å². The maximum Gasteiger partial charge on any atom is 0.341 e. The first-order chi connectivity index (χ1) is 16.3. The minimum absolute atomic E-state index is 0.0463. The normalized spacial score (nSPS) is 12.6.